The number of thioether (sulfide) groups is 1. The molecule has 0 fully saturated rings. The van der Waals surface area contributed by atoms with Crippen molar-refractivity contribution in [3.05, 3.63) is 59.0 Å². The zero-order valence-electron chi connectivity index (χ0n) is 14.1. The van der Waals surface area contributed by atoms with Crippen molar-refractivity contribution in [1.29, 1.82) is 5.26 Å². The number of fused-ring (bicyclic) bond motifs is 1. The van der Waals surface area contributed by atoms with Gasteiger partial charge in [-0.2, -0.15) is 5.26 Å². The zero-order chi connectivity index (χ0) is 18.0. The van der Waals surface area contributed by atoms with E-state index in [4.69, 9.17) is 0 Å². The lowest BCUT2D eigenvalue weighted by Gasteiger charge is -2.28. The normalized spacial score (nSPS) is 12.9. The van der Waals surface area contributed by atoms with Gasteiger partial charge in [-0.1, -0.05) is 18.7 Å². The number of aromatic nitrogens is 1. The summed E-state index contributed by atoms with van der Waals surface area (Å²) in [4.78, 5) is 11.0. The lowest BCUT2D eigenvalue weighted by atomic mass is 10.0. The van der Waals surface area contributed by atoms with E-state index in [2.05, 4.69) is 22.6 Å². The molecule has 0 aliphatic carbocycles. The van der Waals surface area contributed by atoms with E-state index in [1.54, 1.807) is 18.5 Å². The largest absolute Gasteiger partial charge is 0.332 e. The Labute approximate surface area is 150 Å². The molecule has 0 saturated carbocycles. The van der Waals surface area contributed by atoms with Crippen LogP contribution >= 0.6 is 11.8 Å². The Hall–Kier alpha value is -2.65. The molecule has 1 aliphatic heterocycles. The Balaban J connectivity index is 1.87. The molecule has 6 heteroatoms. The second-order valence-corrected chi connectivity index (χ2v) is 6.47. The maximum absolute atomic E-state index is 13.0. The summed E-state index contributed by atoms with van der Waals surface area (Å²) in [5.74, 6) is -0.239. The first-order valence-corrected chi connectivity index (χ1v) is 9.01. The first-order valence-electron chi connectivity index (χ1n) is 7.78. The number of rotatable bonds is 4. The summed E-state index contributed by atoms with van der Waals surface area (Å²) in [5, 5.41) is 10.2. The van der Waals surface area contributed by atoms with Crippen molar-refractivity contribution >= 4 is 29.5 Å². The average Bonchev–Trinajstić information content (AvgIpc) is 2.62. The van der Waals surface area contributed by atoms with Crippen LogP contribution in [-0.2, 0) is 6.42 Å². The van der Waals surface area contributed by atoms with Gasteiger partial charge in [-0.15, -0.1) is 11.8 Å². The molecule has 2 heterocycles. The van der Waals surface area contributed by atoms with Crippen molar-refractivity contribution in [1.82, 2.24) is 9.88 Å². The smallest absolute Gasteiger partial charge is 0.123 e. The second-order valence-electron chi connectivity index (χ2n) is 5.68. The Morgan fingerprint density at radius 1 is 1.32 bits per heavy atom. The molecule has 0 radical (unpaired) electrons. The van der Waals surface area contributed by atoms with Crippen molar-refractivity contribution in [2.45, 2.75) is 18.4 Å². The van der Waals surface area contributed by atoms with Crippen LogP contribution in [0.25, 0.3) is 5.70 Å². The fourth-order valence-corrected chi connectivity index (χ4v) is 3.39. The zero-order valence-corrected chi connectivity index (χ0v) is 14.9. The maximum atomic E-state index is 13.0. The molecule has 0 atom stereocenters. The topological polar surface area (TPSA) is 52.3 Å². The van der Waals surface area contributed by atoms with Crippen molar-refractivity contribution in [3.8, 4) is 6.07 Å². The van der Waals surface area contributed by atoms with Gasteiger partial charge in [0.15, 0.2) is 0 Å². The van der Waals surface area contributed by atoms with Crippen LogP contribution in [0.3, 0.4) is 0 Å². The molecule has 0 saturated heterocycles. The third-order valence-electron chi connectivity index (χ3n) is 4.14. The number of hydrogen-bond donors (Lipinski definition) is 0. The monoisotopic (exact) mass is 352 g/mol. The first-order chi connectivity index (χ1) is 12.0. The standard InChI is InChI=1S/C19H17FN4S/c1-12-17-13(2)24(9-8-14-4-6-15(20)7-5-14)11-22-18(17)16(10-21)19(23-12)25-3/h4-7,11H,2,8-9H2,1,3H3. The van der Waals surface area contributed by atoms with Crippen molar-refractivity contribution in [3.63, 3.8) is 0 Å². The van der Waals surface area contributed by atoms with Crippen LogP contribution in [-0.4, -0.2) is 29.0 Å². The van der Waals surface area contributed by atoms with Gasteiger partial charge in [-0.05, 0) is 37.3 Å². The summed E-state index contributed by atoms with van der Waals surface area (Å²) in [6, 6.07) is 8.68. The molecule has 2 aromatic rings. The van der Waals surface area contributed by atoms with E-state index < -0.39 is 0 Å². The number of aryl methyl sites for hydroxylation is 1. The maximum Gasteiger partial charge on any atom is 0.123 e. The predicted octanol–water partition coefficient (Wildman–Crippen LogP) is 4.31. The summed E-state index contributed by atoms with van der Waals surface area (Å²) < 4.78 is 13.0. The number of aliphatic imine (C=N–C) groups is 1. The van der Waals surface area contributed by atoms with Crippen molar-refractivity contribution in [2.24, 2.45) is 4.99 Å². The lowest BCUT2D eigenvalue weighted by Crippen LogP contribution is -2.26. The van der Waals surface area contributed by atoms with Gasteiger partial charge in [0.2, 0.25) is 0 Å². The number of benzene rings is 1. The Kier molecular flexibility index (Phi) is 4.86. The van der Waals surface area contributed by atoms with Crippen molar-refractivity contribution < 1.29 is 4.39 Å². The Morgan fingerprint density at radius 2 is 2.04 bits per heavy atom. The molecule has 0 amide bonds. The van der Waals surface area contributed by atoms with Crippen LogP contribution in [0.1, 0.15) is 22.4 Å². The van der Waals surface area contributed by atoms with Crippen LogP contribution in [0.5, 0.6) is 0 Å². The highest BCUT2D eigenvalue weighted by molar-refractivity contribution is 7.98. The Morgan fingerprint density at radius 3 is 2.68 bits per heavy atom. The number of nitrogens with zero attached hydrogens (tertiary/aromatic N) is 4. The molecule has 25 heavy (non-hydrogen) atoms. The molecule has 3 rings (SSSR count). The third-order valence-corrected chi connectivity index (χ3v) is 4.82. The lowest BCUT2D eigenvalue weighted by molar-refractivity contribution is 0.589. The molecular formula is C19H17FN4S. The van der Waals surface area contributed by atoms with Crippen molar-refractivity contribution in [2.75, 3.05) is 12.8 Å². The van der Waals surface area contributed by atoms with Gasteiger partial charge in [-0.25, -0.2) is 14.4 Å². The average molecular weight is 352 g/mol. The molecule has 4 nitrogen and oxygen atoms in total. The van der Waals surface area contributed by atoms with Crippen LogP contribution in [0.4, 0.5) is 10.1 Å². The highest BCUT2D eigenvalue weighted by atomic mass is 32.2. The minimum absolute atomic E-state index is 0.239. The third kappa shape index (κ3) is 3.28. The highest BCUT2D eigenvalue weighted by Gasteiger charge is 2.24. The van der Waals surface area contributed by atoms with Gasteiger partial charge in [0.1, 0.15) is 22.5 Å². The minimum Gasteiger partial charge on any atom is -0.332 e. The molecule has 1 aliphatic rings. The minimum atomic E-state index is -0.239. The first kappa shape index (κ1) is 17.2. The molecule has 126 valence electrons. The van der Waals surface area contributed by atoms with Gasteiger partial charge in [0.05, 0.1) is 17.7 Å². The second kappa shape index (κ2) is 7.08. The van der Waals surface area contributed by atoms with Crippen LogP contribution in [0.2, 0.25) is 0 Å². The Bertz CT molecular complexity index is 897. The molecule has 0 spiro atoms. The summed E-state index contributed by atoms with van der Waals surface area (Å²) in [6.45, 7) is 6.75. The van der Waals surface area contributed by atoms with E-state index in [1.807, 2.05) is 18.1 Å². The number of hydrogen-bond acceptors (Lipinski definition) is 5. The molecule has 0 bridgehead atoms. The van der Waals surface area contributed by atoms with Gasteiger partial charge >= 0.3 is 0 Å². The van der Waals surface area contributed by atoms with Gasteiger partial charge in [-0.3, -0.25) is 0 Å². The van der Waals surface area contributed by atoms with E-state index >= 15 is 0 Å². The molecule has 0 N–H and O–H groups in total. The highest BCUT2D eigenvalue weighted by Crippen LogP contribution is 2.39. The molecule has 1 aromatic carbocycles. The fraction of sp³-hybridized carbons (Fsp3) is 0.211. The molecule has 1 aromatic heterocycles. The number of pyridine rings is 1. The number of nitriles is 1. The van der Waals surface area contributed by atoms with E-state index in [1.165, 1.54) is 23.9 Å². The van der Waals surface area contributed by atoms with Gasteiger partial charge < -0.3 is 4.90 Å². The molecule has 0 unspecified atom stereocenters. The van der Waals surface area contributed by atoms with Gasteiger partial charge in [0.25, 0.3) is 0 Å². The quantitative estimate of drug-likeness (QED) is 0.769. The predicted molar refractivity (Wildman–Crippen MR) is 99.5 cm³/mol. The van der Waals surface area contributed by atoms with E-state index in [0.717, 1.165) is 28.9 Å². The van der Waals surface area contributed by atoms with Crippen LogP contribution in [0, 0.1) is 24.1 Å². The summed E-state index contributed by atoms with van der Waals surface area (Å²) in [7, 11) is 0. The van der Waals surface area contributed by atoms with Gasteiger partial charge in [0, 0.05) is 17.8 Å². The van der Waals surface area contributed by atoms with E-state index in [9.17, 15) is 9.65 Å². The van der Waals surface area contributed by atoms with E-state index in [-0.39, 0.29) is 5.82 Å². The van der Waals surface area contributed by atoms with Crippen LogP contribution in [0.15, 0.2) is 40.9 Å². The van der Waals surface area contributed by atoms with Crippen LogP contribution < -0.4 is 0 Å². The molecular weight excluding hydrogens is 335 g/mol. The SMILES string of the molecule is C=C1c2c(C)nc(SC)c(C#N)c2N=CN1CCc1ccc(F)cc1. The number of halogens is 1. The summed E-state index contributed by atoms with van der Waals surface area (Å²) in [6.07, 6.45) is 4.34. The summed E-state index contributed by atoms with van der Waals surface area (Å²) >= 11 is 1.44. The fourth-order valence-electron chi connectivity index (χ4n) is 2.82. The van der Waals surface area contributed by atoms with E-state index in [0.29, 0.717) is 22.8 Å². The summed E-state index contributed by atoms with van der Waals surface area (Å²) in [5.41, 5.74) is 4.58.